The summed E-state index contributed by atoms with van der Waals surface area (Å²) in [4.78, 5) is 10.7. The molecular formula is C19H34O5. The number of aliphatic hydroxyl groups excluding tert-OH is 1. The number of rotatable bonds is 12. The van der Waals surface area contributed by atoms with E-state index < -0.39 is 11.8 Å². The molecule has 0 radical (unpaired) electrons. The van der Waals surface area contributed by atoms with Gasteiger partial charge in [-0.25, -0.2) is 4.79 Å². The number of hydrogen-bond donors (Lipinski definition) is 2. The highest BCUT2D eigenvalue weighted by Gasteiger charge is 2.39. The first-order chi connectivity index (χ1) is 11.3. The van der Waals surface area contributed by atoms with Crippen LogP contribution in [-0.2, 0) is 14.3 Å². The Morgan fingerprint density at radius 1 is 1.08 bits per heavy atom. The molecule has 1 aliphatic rings. The van der Waals surface area contributed by atoms with Gasteiger partial charge >= 0.3 is 5.97 Å². The fraction of sp³-hybridized carbons (Fsp3) is 0.842. The molecule has 0 amide bonds. The van der Waals surface area contributed by atoms with Crippen molar-refractivity contribution in [2.75, 3.05) is 0 Å². The molecule has 0 aromatic rings. The summed E-state index contributed by atoms with van der Waals surface area (Å²) in [5.74, 6) is -1.61. The van der Waals surface area contributed by atoms with Gasteiger partial charge in [-0.2, -0.15) is 0 Å². The smallest absolute Gasteiger partial charge is 0.328 e. The minimum atomic E-state index is -0.961. The lowest BCUT2D eigenvalue weighted by atomic mass is 10.0. The normalized spacial score (nSPS) is 24.5. The highest BCUT2D eigenvalue weighted by molar-refractivity contribution is 5.79. The summed E-state index contributed by atoms with van der Waals surface area (Å²) in [6, 6.07) is 0. The average Bonchev–Trinajstić information content (AvgIpc) is 2.77. The van der Waals surface area contributed by atoms with Crippen LogP contribution in [0.3, 0.4) is 0 Å². The standard InChI is InChI=1S/C19H34O5/c1-15(20)11-9-7-5-4-6-8-10-12-16-17(13-14-18(21)22)24-19(2,3)23-16/h13-17,20H,4-12H2,1-3H3,(H,21,22)/b14-13+/t15-,16+,17+/m1/s1. The maximum absolute atomic E-state index is 10.7. The van der Waals surface area contributed by atoms with Crippen molar-refractivity contribution in [3.05, 3.63) is 12.2 Å². The van der Waals surface area contributed by atoms with E-state index in [0.717, 1.165) is 38.2 Å². The summed E-state index contributed by atoms with van der Waals surface area (Å²) in [5, 5.41) is 18.0. The number of unbranched alkanes of at least 4 members (excludes halogenated alkanes) is 6. The molecule has 0 unspecified atom stereocenters. The van der Waals surface area contributed by atoms with E-state index in [1.54, 1.807) is 6.08 Å². The molecule has 24 heavy (non-hydrogen) atoms. The highest BCUT2D eigenvalue weighted by atomic mass is 16.7. The number of hydrogen-bond acceptors (Lipinski definition) is 4. The number of aliphatic carboxylic acids is 1. The third-order valence-corrected chi connectivity index (χ3v) is 4.26. The third kappa shape index (κ3) is 9.40. The topological polar surface area (TPSA) is 76.0 Å². The van der Waals surface area contributed by atoms with Crippen LogP contribution in [0.15, 0.2) is 12.2 Å². The molecule has 1 aliphatic heterocycles. The molecule has 0 spiro atoms. The summed E-state index contributed by atoms with van der Waals surface area (Å²) in [6.45, 7) is 5.57. The van der Waals surface area contributed by atoms with Crippen LogP contribution in [-0.4, -0.2) is 40.3 Å². The summed E-state index contributed by atoms with van der Waals surface area (Å²) in [5.41, 5.74) is 0. The fourth-order valence-electron chi connectivity index (χ4n) is 3.10. The first-order valence-corrected chi connectivity index (χ1v) is 9.25. The van der Waals surface area contributed by atoms with Crippen LogP contribution in [0.1, 0.15) is 78.6 Å². The Kier molecular flexibility index (Phi) is 9.56. The van der Waals surface area contributed by atoms with Crippen molar-refractivity contribution in [3.63, 3.8) is 0 Å². The van der Waals surface area contributed by atoms with Crippen LogP contribution < -0.4 is 0 Å². The lowest BCUT2D eigenvalue weighted by Gasteiger charge is -2.16. The van der Waals surface area contributed by atoms with E-state index in [-0.39, 0.29) is 18.3 Å². The van der Waals surface area contributed by atoms with Crippen molar-refractivity contribution in [3.8, 4) is 0 Å². The maximum atomic E-state index is 10.7. The van der Waals surface area contributed by atoms with Crippen molar-refractivity contribution in [2.24, 2.45) is 0 Å². The molecule has 0 aromatic carbocycles. The van der Waals surface area contributed by atoms with E-state index in [1.807, 2.05) is 20.8 Å². The van der Waals surface area contributed by atoms with Gasteiger partial charge in [0.1, 0.15) is 6.10 Å². The van der Waals surface area contributed by atoms with Crippen LogP contribution in [0, 0.1) is 0 Å². The minimum absolute atomic E-state index is 0.0679. The number of ether oxygens (including phenoxy) is 2. The number of carboxylic acid groups (broad SMARTS) is 1. The Labute approximate surface area is 146 Å². The number of carboxylic acids is 1. The lowest BCUT2D eigenvalue weighted by molar-refractivity contribution is -0.143. The molecule has 2 N–H and O–H groups in total. The zero-order valence-electron chi connectivity index (χ0n) is 15.4. The summed E-state index contributed by atoms with van der Waals surface area (Å²) >= 11 is 0. The van der Waals surface area contributed by atoms with Gasteiger partial charge in [0.2, 0.25) is 0 Å². The monoisotopic (exact) mass is 342 g/mol. The summed E-state index contributed by atoms with van der Waals surface area (Å²) in [7, 11) is 0. The molecule has 0 saturated carbocycles. The van der Waals surface area contributed by atoms with Crippen molar-refractivity contribution < 1.29 is 24.5 Å². The van der Waals surface area contributed by atoms with E-state index in [1.165, 1.54) is 25.7 Å². The fourth-order valence-corrected chi connectivity index (χ4v) is 3.10. The largest absolute Gasteiger partial charge is 0.478 e. The molecule has 0 bridgehead atoms. The van der Waals surface area contributed by atoms with Gasteiger partial charge < -0.3 is 19.7 Å². The molecular weight excluding hydrogens is 308 g/mol. The third-order valence-electron chi connectivity index (χ3n) is 4.26. The molecule has 1 heterocycles. The molecule has 5 nitrogen and oxygen atoms in total. The van der Waals surface area contributed by atoms with Crippen LogP contribution in [0.5, 0.6) is 0 Å². The Bertz CT molecular complexity index is 389. The van der Waals surface area contributed by atoms with E-state index in [0.29, 0.717) is 0 Å². The molecule has 5 heteroatoms. The van der Waals surface area contributed by atoms with Gasteiger partial charge in [-0.1, -0.05) is 44.9 Å². The van der Waals surface area contributed by atoms with Gasteiger partial charge in [0.25, 0.3) is 0 Å². The van der Waals surface area contributed by atoms with E-state index in [9.17, 15) is 9.90 Å². The second-order valence-electron chi connectivity index (χ2n) is 7.24. The van der Waals surface area contributed by atoms with Crippen LogP contribution >= 0.6 is 0 Å². The van der Waals surface area contributed by atoms with Gasteiger partial charge in [-0.05, 0) is 39.7 Å². The first-order valence-electron chi connectivity index (χ1n) is 9.25. The molecule has 1 saturated heterocycles. The van der Waals surface area contributed by atoms with Crippen LogP contribution in [0.25, 0.3) is 0 Å². The van der Waals surface area contributed by atoms with E-state index >= 15 is 0 Å². The number of aliphatic hydroxyl groups is 1. The molecule has 0 aliphatic carbocycles. The van der Waals surface area contributed by atoms with Crippen molar-refractivity contribution in [1.29, 1.82) is 0 Å². The molecule has 1 fully saturated rings. The average molecular weight is 342 g/mol. The maximum Gasteiger partial charge on any atom is 0.328 e. The zero-order chi connectivity index (χ0) is 18.0. The second-order valence-corrected chi connectivity index (χ2v) is 7.24. The van der Waals surface area contributed by atoms with Gasteiger partial charge in [-0.3, -0.25) is 0 Å². The van der Waals surface area contributed by atoms with Crippen LogP contribution in [0.2, 0.25) is 0 Å². The summed E-state index contributed by atoms with van der Waals surface area (Å²) in [6.07, 6.45) is 12.2. The second kappa shape index (κ2) is 10.9. The lowest BCUT2D eigenvalue weighted by Crippen LogP contribution is -2.21. The Morgan fingerprint density at radius 2 is 1.67 bits per heavy atom. The SMILES string of the molecule is C[C@@H](O)CCCCCCCCC[C@@H]1OC(C)(C)O[C@H]1/C=C/C(=O)O. The van der Waals surface area contributed by atoms with Gasteiger partial charge in [0, 0.05) is 6.08 Å². The molecule has 1 rings (SSSR count). The summed E-state index contributed by atoms with van der Waals surface area (Å²) < 4.78 is 11.6. The van der Waals surface area contributed by atoms with Crippen molar-refractivity contribution >= 4 is 5.97 Å². The van der Waals surface area contributed by atoms with Gasteiger partial charge in [-0.15, -0.1) is 0 Å². The Balaban J connectivity index is 2.15. The van der Waals surface area contributed by atoms with Gasteiger partial charge in [0.05, 0.1) is 12.2 Å². The predicted octanol–water partition coefficient (Wildman–Crippen LogP) is 4.04. The first kappa shape index (κ1) is 21.1. The Morgan fingerprint density at radius 3 is 2.25 bits per heavy atom. The Hall–Kier alpha value is -0.910. The highest BCUT2D eigenvalue weighted by Crippen LogP contribution is 2.31. The minimum Gasteiger partial charge on any atom is -0.478 e. The van der Waals surface area contributed by atoms with Crippen molar-refractivity contribution in [2.45, 2.75) is 103 Å². The quantitative estimate of drug-likeness (QED) is 0.413. The number of carbonyl (C=O) groups is 1. The molecule has 3 atom stereocenters. The van der Waals surface area contributed by atoms with E-state index in [2.05, 4.69) is 0 Å². The zero-order valence-corrected chi connectivity index (χ0v) is 15.4. The van der Waals surface area contributed by atoms with E-state index in [4.69, 9.17) is 14.6 Å². The van der Waals surface area contributed by atoms with Gasteiger partial charge in [0.15, 0.2) is 5.79 Å². The van der Waals surface area contributed by atoms with Crippen LogP contribution in [0.4, 0.5) is 0 Å². The van der Waals surface area contributed by atoms with Crippen molar-refractivity contribution in [1.82, 2.24) is 0 Å². The predicted molar refractivity (Wildman–Crippen MR) is 93.8 cm³/mol. The molecule has 140 valence electrons. The molecule has 0 aromatic heterocycles.